The SMILES string of the molecule is CC/C=C(\C=C(c1ccccc1)c1ccccc1)c1ccccc1. The molecule has 3 aromatic rings. The summed E-state index contributed by atoms with van der Waals surface area (Å²) in [5.41, 5.74) is 6.24. The number of benzene rings is 3. The van der Waals surface area contributed by atoms with Gasteiger partial charge in [-0.3, -0.25) is 0 Å². The van der Waals surface area contributed by atoms with Crippen LogP contribution in [0.25, 0.3) is 11.1 Å². The van der Waals surface area contributed by atoms with Gasteiger partial charge in [0.2, 0.25) is 0 Å². The van der Waals surface area contributed by atoms with E-state index in [0.717, 1.165) is 6.42 Å². The van der Waals surface area contributed by atoms with Crippen LogP contribution in [0.5, 0.6) is 0 Å². The van der Waals surface area contributed by atoms with Gasteiger partial charge in [-0.15, -0.1) is 0 Å². The fraction of sp³-hybridized carbons (Fsp3) is 0.0833. The van der Waals surface area contributed by atoms with Crippen molar-refractivity contribution >= 4 is 11.1 Å². The van der Waals surface area contributed by atoms with Gasteiger partial charge in [-0.25, -0.2) is 0 Å². The summed E-state index contributed by atoms with van der Waals surface area (Å²) in [7, 11) is 0. The highest BCUT2D eigenvalue weighted by molar-refractivity contribution is 5.90. The van der Waals surface area contributed by atoms with Crippen molar-refractivity contribution in [3.05, 3.63) is 120 Å². The zero-order chi connectivity index (χ0) is 16.6. The van der Waals surface area contributed by atoms with Crippen molar-refractivity contribution in [2.75, 3.05) is 0 Å². The maximum atomic E-state index is 2.31. The second-order valence-corrected chi connectivity index (χ2v) is 5.72. The largest absolute Gasteiger partial charge is 0.0769 e. The first kappa shape index (κ1) is 16.0. The molecule has 0 fully saturated rings. The zero-order valence-electron chi connectivity index (χ0n) is 14.0. The second kappa shape index (κ2) is 8.12. The van der Waals surface area contributed by atoms with Gasteiger partial charge in [0.05, 0.1) is 0 Å². The van der Waals surface area contributed by atoms with E-state index in [1.54, 1.807) is 0 Å². The van der Waals surface area contributed by atoms with Crippen LogP contribution in [-0.4, -0.2) is 0 Å². The first-order valence-corrected chi connectivity index (χ1v) is 8.46. The van der Waals surface area contributed by atoms with Gasteiger partial charge in [0.15, 0.2) is 0 Å². The molecule has 0 heterocycles. The van der Waals surface area contributed by atoms with E-state index in [0.29, 0.717) is 0 Å². The van der Waals surface area contributed by atoms with Crippen LogP contribution in [-0.2, 0) is 0 Å². The molecule has 0 radical (unpaired) electrons. The monoisotopic (exact) mass is 310 g/mol. The molecule has 0 N–H and O–H groups in total. The molecule has 24 heavy (non-hydrogen) atoms. The quantitative estimate of drug-likeness (QED) is 0.465. The molecule has 0 aliphatic carbocycles. The van der Waals surface area contributed by atoms with Gasteiger partial charge in [-0.05, 0) is 40.3 Å². The average molecular weight is 310 g/mol. The molecule has 0 aliphatic heterocycles. The van der Waals surface area contributed by atoms with Crippen molar-refractivity contribution in [3.63, 3.8) is 0 Å². The number of hydrogen-bond acceptors (Lipinski definition) is 0. The topological polar surface area (TPSA) is 0 Å². The molecule has 0 saturated carbocycles. The summed E-state index contributed by atoms with van der Waals surface area (Å²) in [5.74, 6) is 0. The lowest BCUT2D eigenvalue weighted by Crippen LogP contribution is -1.90. The molecule has 3 rings (SSSR count). The first-order valence-electron chi connectivity index (χ1n) is 8.46. The Morgan fingerprint density at radius 3 is 1.46 bits per heavy atom. The Hall–Kier alpha value is -2.86. The third kappa shape index (κ3) is 3.91. The maximum absolute atomic E-state index is 2.31. The lowest BCUT2D eigenvalue weighted by Gasteiger charge is -2.11. The standard InChI is InChI=1S/C24H22/c1-2-12-23(20-13-6-3-7-14-20)19-24(21-15-8-4-9-16-21)22-17-10-5-11-18-22/h3-19H,2H2,1H3/b23-12+. The molecule has 0 heteroatoms. The highest BCUT2D eigenvalue weighted by Gasteiger charge is 2.06. The molecule has 0 saturated heterocycles. The van der Waals surface area contributed by atoms with Gasteiger partial charge in [-0.1, -0.05) is 104 Å². The number of hydrogen-bond donors (Lipinski definition) is 0. The van der Waals surface area contributed by atoms with Crippen LogP contribution in [0.4, 0.5) is 0 Å². The molecule has 0 amide bonds. The van der Waals surface area contributed by atoms with Crippen molar-refractivity contribution < 1.29 is 0 Å². The average Bonchev–Trinajstić information content (AvgIpc) is 2.67. The lowest BCUT2D eigenvalue weighted by atomic mass is 9.93. The van der Waals surface area contributed by atoms with E-state index in [2.05, 4.69) is 110 Å². The van der Waals surface area contributed by atoms with E-state index in [9.17, 15) is 0 Å². The summed E-state index contributed by atoms with van der Waals surface area (Å²) in [5, 5.41) is 0. The Morgan fingerprint density at radius 1 is 0.625 bits per heavy atom. The maximum Gasteiger partial charge on any atom is -0.0105 e. The van der Waals surface area contributed by atoms with Gasteiger partial charge in [0, 0.05) is 0 Å². The predicted molar refractivity (Wildman–Crippen MR) is 105 cm³/mol. The summed E-state index contributed by atoms with van der Waals surface area (Å²) in [6.45, 7) is 2.18. The minimum atomic E-state index is 1.01. The van der Waals surface area contributed by atoms with Crippen molar-refractivity contribution in [1.82, 2.24) is 0 Å². The fourth-order valence-electron chi connectivity index (χ4n) is 2.83. The smallest absolute Gasteiger partial charge is 0.0105 e. The lowest BCUT2D eigenvalue weighted by molar-refractivity contribution is 1.23. The van der Waals surface area contributed by atoms with Gasteiger partial charge < -0.3 is 0 Å². The molecule has 0 nitrogen and oxygen atoms in total. The van der Waals surface area contributed by atoms with Crippen LogP contribution in [0.2, 0.25) is 0 Å². The van der Waals surface area contributed by atoms with Crippen molar-refractivity contribution in [1.29, 1.82) is 0 Å². The molecule has 0 aromatic heterocycles. The van der Waals surface area contributed by atoms with Crippen LogP contribution in [0, 0.1) is 0 Å². The highest BCUT2D eigenvalue weighted by atomic mass is 14.1. The predicted octanol–water partition coefficient (Wildman–Crippen LogP) is 6.61. The van der Waals surface area contributed by atoms with Gasteiger partial charge in [0.25, 0.3) is 0 Å². The second-order valence-electron chi connectivity index (χ2n) is 5.72. The third-order valence-electron chi connectivity index (χ3n) is 4.00. The molecule has 0 aliphatic rings. The van der Waals surface area contributed by atoms with Gasteiger partial charge in [0.1, 0.15) is 0 Å². The Morgan fingerprint density at radius 2 is 1.04 bits per heavy atom. The molecule has 0 bridgehead atoms. The van der Waals surface area contributed by atoms with Crippen molar-refractivity contribution in [3.8, 4) is 0 Å². The van der Waals surface area contributed by atoms with Crippen LogP contribution in [0.15, 0.2) is 103 Å². The Balaban J connectivity index is 2.14. The molecular formula is C24H22. The molecule has 3 aromatic carbocycles. The van der Waals surface area contributed by atoms with Crippen LogP contribution in [0.1, 0.15) is 30.0 Å². The van der Waals surface area contributed by atoms with E-state index in [4.69, 9.17) is 0 Å². The van der Waals surface area contributed by atoms with E-state index in [1.807, 2.05) is 0 Å². The van der Waals surface area contributed by atoms with Crippen LogP contribution in [0.3, 0.4) is 0 Å². The summed E-state index contributed by atoms with van der Waals surface area (Å²) in [6.07, 6.45) is 5.61. The Kier molecular flexibility index (Phi) is 5.42. The Bertz CT molecular complexity index is 768. The third-order valence-corrected chi connectivity index (χ3v) is 4.00. The summed E-state index contributed by atoms with van der Waals surface area (Å²) >= 11 is 0. The minimum absolute atomic E-state index is 1.01. The normalized spacial score (nSPS) is 11.1. The van der Waals surface area contributed by atoms with E-state index in [-0.39, 0.29) is 0 Å². The molecule has 0 unspecified atom stereocenters. The summed E-state index contributed by atoms with van der Waals surface area (Å²) in [4.78, 5) is 0. The van der Waals surface area contributed by atoms with Crippen LogP contribution >= 0.6 is 0 Å². The zero-order valence-corrected chi connectivity index (χ0v) is 14.0. The molecule has 118 valence electrons. The van der Waals surface area contributed by atoms with E-state index < -0.39 is 0 Å². The highest BCUT2D eigenvalue weighted by Crippen LogP contribution is 2.28. The Labute approximate surface area is 144 Å². The molecule has 0 spiro atoms. The number of allylic oxidation sites excluding steroid dienone is 3. The van der Waals surface area contributed by atoms with E-state index >= 15 is 0 Å². The van der Waals surface area contributed by atoms with Crippen molar-refractivity contribution in [2.45, 2.75) is 13.3 Å². The first-order chi connectivity index (χ1) is 11.9. The van der Waals surface area contributed by atoms with Gasteiger partial charge >= 0.3 is 0 Å². The van der Waals surface area contributed by atoms with Crippen LogP contribution < -0.4 is 0 Å². The van der Waals surface area contributed by atoms with Crippen molar-refractivity contribution in [2.24, 2.45) is 0 Å². The number of rotatable bonds is 5. The molecule has 0 atom stereocenters. The van der Waals surface area contributed by atoms with E-state index in [1.165, 1.54) is 27.8 Å². The summed E-state index contributed by atoms with van der Waals surface area (Å²) < 4.78 is 0. The minimum Gasteiger partial charge on any atom is -0.0769 e. The van der Waals surface area contributed by atoms with Gasteiger partial charge in [-0.2, -0.15) is 0 Å². The summed E-state index contributed by atoms with van der Waals surface area (Å²) in [6, 6.07) is 31.8. The molecular weight excluding hydrogens is 288 g/mol. The fourth-order valence-corrected chi connectivity index (χ4v) is 2.83.